The molecule has 1 aromatic rings. The highest BCUT2D eigenvalue weighted by Gasteiger charge is 2.61. The van der Waals surface area contributed by atoms with E-state index >= 15 is 0 Å². The second kappa shape index (κ2) is 6.11. The van der Waals surface area contributed by atoms with Gasteiger partial charge in [-0.15, -0.1) is 11.6 Å². The van der Waals surface area contributed by atoms with Crippen molar-refractivity contribution in [3.63, 3.8) is 0 Å². The van der Waals surface area contributed by atoms with Crippen LogP contribution in [-0.4, -0.2) is 34.5 Å². The van der Waals surface area contributed by atoms with Crippen LogP contribution in [0.3, 0.4) is 0 Å². The van der Waals surface area contributed by atoms with Gasteiger partial charge >= 0.3 is 12.3 Å². The summed E-state index contributed by atoms with van der Waals surface area (Å²) in [7, 11) is 0. The smallest absolute Gasteiger partial charge is 0.426 e. The lowest BCUT2D eigenvalue weighted by Crippen LogP contribution is -2.41. The Morgan fingerprint density at radius 3 is 1.95 bits per heavy atom. The Hall–Kier alpha value is -1.12. The number of hydrogen-bond acceptors (Lipinski definition) is 3. The van der Waals surface area contributed by atoms with Gasteiger partial charge in [0, 0.05) is 0 Å². The maximum atomic E-state index is 12.6. The van der Waals surface area contributed by atoms with Crippen molar-refractivity contribution >= 4 is 11.6 Å². The number of hydrogen-bond donors (Lipinski definition) is 2. The zero-order valence-corrected chi connectivity index (χ0v) is 10.5. The molecule has 0 amide bonds. The minimum Gasteiger partial charge on any atom is -0.426 e. The molecule has 0 aliphatic carbocycles. The summed E-state index contributed by atoms with van der Waals surface area (Å²) in [6.07, 6.45) is -13.8. The lowest BCUT2D eigenvalue weighted by molar-refractivity contribution is -0.360. The predicted molar refractivity (Wildman–Crippen MR) is 59.8 cm³/mol. The maximum Gasteiger partial charge on any atom is 0.499 e. The van der Waals surface area contributed by atoms with E-state index in [4.69, 9.17) is 11.6 Å². The zero-order chi connectivity index (χ0) is 15.6. The minimum atomic E-state index is -5.83. The van der Waals surface area contributed by atoms with E-state index in [1.54, 1.807) is 0 Å². The fourth-order valence-electron chi connectivity index (χ4n) is 1.25. The third kappa shape index (κ3) is 3.94. The molecule has 0 saturated heterocycles. The molecule has 20 heavy (non-hydrogen) atoms. The van der Waals surface area contributed by atoms with E-state index < -0.39 is 30.2 Å². The Kier molecular flexibility index (Phi) is 5.17. The average Bonchev–Trinajstić information content (AvgIpc) is 2.36. The Morgan fingerprint density at radius 2 is 1.55 bits per heavy atom. The maximum absolute atomic E-state index is 12.6. The van der Waals surface area contributed by atoms with Crippen LogP contribution in [0.2, 0.25) is 0 Å². The Bertz CT molecular complexity index is 435. The molecule has 0 aromatic heterocycles. The summed E-state index contributed by atoms with van der Waals surface area (Å²) in [4.78, 5) is 0. The molecule has 0 bridgehead atoms. The number of rotatable bonds is 5. The molecule has 0 heterocycles. The van der Waals surface area contributed by atoms with Crippen LogP contribution in [-0.2, 0) is 0 Å². The second-order valence-corrected chi connectivity index (χ2v) is 4.16. The lowest BCUT2D eigenvalue weighted by Gasteiger charge is -2.21. The minimum absolute atomic E-state index is 0.0980. The number of alkyl halides is 6. The molecule has 9 heteroatoms. The zero-order valence-electron chi connectivity index (χ0n) is 9.74. The van der Waals surface area contributed by atoms with Crippen molar-refractivity contribution in [2.45, 2.75) is 24.5 Å². The molecule has 1 aromatic carbocycles. The molecule has 0 spiro atoms. The van der Waals surface area contributed by atoms with Crippen molar-refractivity contribution in [1.29, 1.82) is 0 Å². The summed E-state index contributed by atoms with van der Waals surface area (Å²) in [5.41, 5.74) is 0.0980. The van der Waals surface area contributed by atoms with Gasteiger partial charge in [-0.05, 0) is 17.7 Å². The molecule has 0 radical (unpaired) electrons. The molecule has 0 fully saturated rings. The standard InChI is InChI=1S/C11H10ClF5O3/c12-5-8(18)9(19)6-1-3-7(4-2-6)20-11(16,17)10(13,14)15/h1-4,8-9,18-19H,5H2. The largest absolute Gasteiger partial charge is 0.499 e. The Morgan fingerprint density at radius 1 is 1.05 bits per heavy atom. The molecule has 2 unspecified atom stereocenters. The SMILES string of the molecule is OC(CCl)C(O)c1ccc(OC(F)(F)C(F)(F)F)cc1. The fourth-order valence-corrected chi connectivity index (χ4v) is 1.41. The van der Waals surface area contributed by atoms with Gasteiger partial charge < -0.3 is 14.9 Å². The van der Waals surface area contributed by atoms with Gasteiger partial charge in [0.25, 0.3) is 0 Å². The van der Waals surface area contributed by atoms with E-state index in [1.807, 2.05) is 0 Å². The molecule has 0 aliphatic heterocycles. The van der Waals surface area contributed by atoms with Crippen LogP contribution in [0, 0.1) is 0 Å². The first kappa shape index (κ1) is 16.9. The molecule has 3 nitrogen and oxygen atoms in total. The molecule has 2 atom stereocenters. The number of halogens is 6. The van der Waals surface area contributed by atoms with E-state index in [9.17, 15) is 32.2 Å². The summed E-state index contributed by atoms with van der Waals surface area (Å²) < 4.78 is 64.5. The third-order valence-corrected chi connectivity index (χ3v) is 2.64. The van der Waals surface area contributed by atoms with Gasteiger partial charge in [0.15, 0.2) is 0 Å². The van der Waals surface area contributed by atoms with Gasteiger partial charge in [-0.2, -0.15) is 22.0 Å². The molecule has 0 saturated carbocycles. The predicted octanol–water partition coefficient (Wildman–Crippen LogP) is 2.85. The van der Waals surface area contributed by atoms with E-state index in [0.717, 1.165) is 24.3 Å². The van der Waals surface area contributed by atoms with Crippen LogP contribution in [0.4, 0.5) is 22.0 Å². The monoisotopic (exact) mass is 320 g/mol. The molecule has 114 valence electrons. The summed E-state index contributed by atoms with van der Waals surface area (Å²) >= 11 is 5.31. The number of aliphatic hydroxyl groups is 2. The van der Waals surface area contributed by atoms with Gasteiger partial charge in [0.2, 0.25) is 0 Å². The quantitative estimate of drug-likeness (QED) is 0.648. The number of ether oxygens (including phenoxy) is 1. The first-order valence-electron chi connectivity index (χ1n) is 5.24. The molecular weight excluding hydrogens is 311 g/mol. The number of benzene rings is 1. The van der Waals surface area contributed by atoms with Crippen molar-refractivity contribution in [2.24, 2.45) is 0 Å². The van der Waals surface area contributed by atoms with Crippen LogP contribution < -0.4 is 4.74 Å². The Balaban J connectivity index is 2.82. The van der Waals surface area contributed by atoms with Crippen LogP contribution in [0.15, 0.2) is 24.3 Å². The third-order valence-electron chi connectivity index (χ3n) is 2.32. The molecule has 0 aliphatic rings. The van der Waals surface area contributed by atoms with Gasteiger partial charge in [-0.1, -0.05) is 12.1 Å². The van der Waals surface area contributed by atoms with E-state index in [2.05, 4.69) is 4.74 Å². The van der Waals surface area contributed by atoms with Gasteiger partial charge in [-0.3, -0.25) is 0 Å². The van der Waals surface area contributed by atoms with Gasteiger partial charge in [-0.25, -0.2) is 0 Å². The summed E-state index contributed by atoms with van der Waals surface area (Å²) in [5, 5.41) is 18.8. The van der Waals surface area contributed by atoms with Crippen molar-refractivity contribution in [3.05, 3.63) is 29.8 Å². The van der Waals surface area contributed by atoms with Crippen molar-refractivity contribution in [3.8, 4) is 5.75 Å². The molecule has 1 rings (SSSR count). The summed E-state index contributed by atoms with van der Waals surface area (Å²) in [5.74, 6) is -1.01. The summed E-state index contributed by atoms with van der Waals surface area (Å²) in [6, 6.07) is 3.72. The first-order chi connectivity index (χ1) is 9.08. The number of aliphatic hydroxyl groups excluding tert-OH is 2. The van der Waals surface area contributed by atoms with Crippen molar-refractivity contribution in [2.75, 3.05) is 5.88 Å². The van der Waals surface area contributed by atoms with Gasteiger partial charge in [0.05, 0.1) is 12.0 Å². The van der Waals surface area contributed by atoms with E-state index in [0.29, 0.717) is 0 Å². The lowest BCUT2D eigenvalue weighted by atomic mass is 10.1. The molecule has 2 N–H and O–H groups in total. The van der Waals surface area contributed by atoms with Crippen molar-refractivity contribution < 1.29 is 36.9 Å². The first-order valence-corrected chi connectivity index (χ1v) is 5.77. The fraction of sp³-hybridized carbons (Fsp3) is 0.455. The normalized spacial score (nSPS) is 15.8. The van der Waals surface area contributed by atoms with Crippen molar-refractivity contribution in [1.82, 2.24) is 0 Å². The van der Waals surface area contributed by atoms with Crippen LogP contribution in [0.25, 0.3) is 0 Å². The van der Waals surface area contributed by atoms with Crippen LogP contribution >= 0.6 is 11.6 Å². The highest BCUT2D eigenvalue weighted by molar-refractivity contribution is 6.18. The topological polar surface area (TPSA) is 49.7 Å². The molecular formula is C11H10ClF5O3. The second-order valence-electron chi connectivity index (χ2n) is 3.85. The van der Waals surface area contributed by atoms with Crippen LogP contribution in [0.1, 0.15) is 11.7 Å². The summed E-state index contributed by atoms with van der Waals surface area (Å²) in [6.45, 7) is 0. The highest BCUT2D eigenvalue weighted by atomic mass is 35.5. The average molecular weight is 321 g/mol. The van der Waals surface area contributed by atoms with Gasteiger partial charge in [0.1, 0.15) is 11.9 Å². The van der Waals surface area contributed by atoms with E-state index in [-0.39, 0.29) is 11.4 Å². The van der Waals surface area contributed by atoms with Crippen LogP contribution in [0.5, 0.6) is 5.75 Å². The Labute approximate surface area is 115 Å². The van der Waals surface area contributed by atoms with E-state index in [1.165, 1.54) is 0 Å². The highest BCUT2D eigenvalue weighted by Crippen LogP contribution is 2.37.